The van der Waals surface area contributed by atoms with Gasteiger partial charge in [0.25, 0.3) is 0 Å². The topological polar surface area (TPSA) is 41.1 Å². The molecule has 0 saturated heterocycles. The van der Waals surface area contributed by atoms with E-state index in [0.29, 0.717) is 6.42 Å². The van der Waals surface area contributed by atoms with Crippen molar-refractivity contribution in [2.45, 2.75) is 19.3 Å². The lowest BCUT2D eigenvalue weighted by atomic mass is 9.97. The lowest BCUT2D eigenvalue weighted by Gasteiger charge is -2.11. The van der Waals surface area contributed by atoms with Gasteiger partial charge in [0.1, 0.15) is 0 Å². The molecule has 2 N–H and O–H groups in total. The molecule has 3 nitrogen and oxygen atoms in total. The molecule has 0 spiro atoms. The van der Waals surface area contributed by atoms with Crippen LogP contribution >= 0.6 is 15.9 Å². The Balaban J connectivity index is 1.66. The number of nitrogens with one attached hydrogen (secondary N) is 2. The summed E-state index contributed by atoms with van der Waals surface area (Å²) in [5.41, 5.74) is 4.34. The number of rotatable bonds is 3. The van der Waals surface area contributed by atoms with E-state index in [4.69, 9.17) is 0 Å². The van der Waals surface area contributed by atoms with Crippen LogP contribution in [0.4, 0.5) is 11.4 Å². The number of para-hydroxylation sites is 1. The van der Waals surface area contributed by atoms with Crippen LogP contribution in [0.1, 0.15) is 23.5 Å². The van der Waals surface area contributed by atoms with Crippen molar-refractivity contribution in [1.29, 1.82) is 0 Å². The van der Waals surface area contributed by atoms with Crippen molar-refractivity contribution in [1.82, 2.24) is 0 Å². The quantitative estimate of drug-likeness (QED) is 0.871. The molecule has 21 heavy (non-hydrogen) atoms. The zero-order valence-corrected chi connectivity index (χ0v) is 13.4. The molecule has 0 fully saturated rings. The van der Waals surface area contributed by atoms with E-state index in [1.165, 1.54) is 5.56 Å². The third kappa shape index (κ3) is 3.10. The summed E-state index contributed by atoms with van der Waals surface area (Å²) < 4.78 is 1.05. The molecule has 2 aromatic rings. The number of benzene rings is 2. The number of carbonyl (C=O) groups is 1. The van der Waals surface area contributed by atoms with Gasteiger partial charge in [0, 0.05) is 34.7 Å². The van der Waals surface area contributed by atoms with Crippen molar-refractivity contribution in [3.05, 3.63) is 58.1 Å². The van der Waals surface area contributed by atoms with Gasteiger partial charge in [-0.1, -0.05) is 34.1 Å². The Bertz CT molecular complexity index is 684. The number of aryl methyl sites for hydroxylation is 1. The minimum absolute atomic E-state index is 0.0558. The molecule has 1 atom stereocenters. The summed E-state index contributed by atoms with van der Waals surface area (Å²) in [4.78, 5) is 12.2. The highest BCUT2D eigenvalue weighted by atomic mass is 79.9. The third-order valence-electron chi connectivity index (χ3n) is 3.81. The Kier molecular flexibility index (Phi) is 3.97. The highest BCUT2D eigenvalue weighted by molar-refractivity contribution is 9.10. The lowest BCUT2D eigenvalue weighted by Crippen LogP contribution is -2.16. The molecule has 0 bridgehead atoms. The maximum atomic E-state index is 12.2. The SMILES string of the molecule is Cc1cc(NC(=O)CC2CNc3ccccc32)ccc1Br. The smallest absolute Gasteiger partial charge is 0.225 e. The summed E-state index contributed by atoms with van der Waals surface area (Å²) in [5.74, 6) is 0.304. The molecule has 3 rings (SSSR count). The number of fused-ring (bicyclic) bond motifs is 1. The van der Waals surface area contributed by atoms with Crippen molar-refractivity contribution >= 4 is 33.2 Å². The largest absolute Gasteiger partial charge is 0.384 e. The molecule has 108 valence electrons. The fourth-order valence-corrected chi connectivity index (χ4v) is 2.94. The number of hydrogen-bond acceptors (Lipinski definition) is 2. The molecule has 4 heteroatoms. The van der Waals surface area contributed by atoms with Crippen molar-refractivity contribution in [2.24, 2.45) is 0 Å². The third-order valence-corrected chi connectivity index (χ3v) is 4.70. The van der Waals surface area contributed by atoms with Crippen LogP contribution in [-0.4, -0.2) is 12.5 Å². The molecule has 0 aromatic heterocycles. The van der Waals surface area contributed by atoms with Crippen molar-refractivity contribution in [3.63, 3.8) is 0 Å². The lowest BCUT2D eigenvalue weighted by molar-refractivity contribution is -0.116. The number of anilines is 2. The van der Waals surface area contributed by atoms with Crippen LogP contribution in [0.15, 0.2) is 46.9 Å². The van der Waals surface area contributed by atoms with Gasteiger partial charge < -0.3 is 10.6 Å². The number of amides is 1. The average molecular weight is 345 g/mol. The highest BCUT2D eigenvalue weighted by Gasteiger charge is 2.23. The first-order valence-electron chi connectivity index (χ1n) is 7.02. The van der Waals surface area contributed by atoms with Crippen LogP contribution in [0, 0.1) is 6.92 Å². The van der Waals surface area contributed by atoms with Gasteiger partial charge in [-0.15, -0.1) is 0 Å². The van der Waals surface area contributed by atoms with Crippen LogP contribution in [-0.2, 0) is 4.79 Å². The van der Waals surface area contributed by atoms with E-state index in [1.54, 1.807) is 0 Å². The van der Waals surface area contributed by atoms with E-state index >= 15 is 0 Å². The summed E-state index contributed by atoms with van der Waals surface area (Å²) in [6.45, 7) is 2.84. The fraction of sp³-hybridized carbons (Fsp3) is 0.235. The maximum Gasteiger partial charge on any atom is 0.225 e. The van der Waals surface area contributed by atoms with E-state index in [-0.39, 0.29) is 11.8 Å². The molecule has 1 aliphatic heterocycles. The summed E-state index contributed by atoms with van der Waals surface area (Å²) in [6.07, 6.45) is 0.499. The first-order valence-corrected chi connectivity index (χ1v) is 7.81. The molecule has 1 heterocycles. The van der Waals surface area contributed by atoms with E-state index in [9.17, 15) is 4.79 Å². The number of hydrogen-bond donors (Lipinski definition) is 2. The molecular weight excluding hydrogens is 328 g/mol. The Hall–Kier alpha value is -1.81. The normalized spacial score (nSPS) is 16.2. The van der Waals surface area contributed by atoms with Crippen LogP contribution in [0.2, 0.25) is 0 Å². The van der Waals surface area contributed by atoms with Gasteiger partial charge in [0.15, 0.2) is 0 Å². The van der Waals surface area contributed by atoms with Crippen LogP contribution in [0.25, 0.3) is 0 Å². The van der Waals surface area contributed by atoms with Gasteiger partial charge in [-0.25, -0.2) is 0 Å². The van der Waals surface area contributed by atoms with Crippen LogP contribution in [0.3, 0.4) is 0 Å². The van der Waals surface area contributed by atoms with E-state index < -0.39 is 0 Å². The van der Waals surface area contributed by atoms with E-state index in [1.807, 2.05) is 37.3 Å². The van der Waals surface area contributed by atoms with Crippen molar-refractivity contribution < 1.29 is 4.79 Å². The second-order valence-corrected chi connectivity index (χ2v) is 6.24. The van der Waals surface area contributed by atoms with Crippen LogP contribution < -0.4 is 10.6 Å². The molecular formula is C17H17BrN2O. The minimum Gasteiger partial charge on any atom is -0.384 e. The average Bonchev–Trinajstić information content (AvgIpc) is 2.86. The van der Waals surface area contributed by atoms with E-state index in [0.717, 1.165) is 28.0 Å². The monoisotopic (exact) mass is 344 g/mol. The van der Waals surface area contributed by atoms with Gasteiger partial charge in [0.05, 0.1) is 0 Å². The first-order chi connectivity index (χ1) is 10.1. The van der Waals surface area contributed by atoms with Gasteiger partial charge in [-0.2, -0.15) is 0 Å². The maximum absolute atomic E-state index is 12.2. The number of halogens is 1. The standard InChI is InChI=1S/C17H17BrN2O/c1-11-8-13(6-7-15(11)18)20-17(21)9-12-10-19-16-5-3-2-4-14(12)16/h2-8,12,19H,9-10H2,1H3,(H,20,21). The summed E-state index contributed by atoms with van der Waals surface area (Å²) >= 11 is 3.46. The zero-order valence-electron chi connectivity index (χ0n) is 11.8. The van der Waals surface area contributed by atoms with E-state index in [2.05, 4.69) is 38.7 Å². The summed E-state index contributed by atoms with van der Waals surface area (Å²) in [7, 11) is 0. The fourth-order valence-electron chi connectivity index (χ4n) is 2.70. The van der Waals surface area contributed by atoms with Crippen molar-refractivity contribution in [2.75, 3.05) is 17.2 Å². The second kappa shape index (κ2) is 5.90. The predicted molar refractivity (Wildman–Crippen MR) is 89.8 cm³/mol. The zero-order chi connectivity index (χ0) is 14.8. The highest BCUT2D eigenvalue weighted by Crippen LogP contribution is 2.33. The Morgan fingerprint density at radius 1 is 1.33 bits per heavy atom. The number of carbonyl (C=O) groups excluding carboxylic acids is 1. The Labute approximate surface area is 132 Å². The van der Waals surface area contributed by atoms with Gasteiger partial charge >= 0.3 is 0 Å². The Morgan fingerprint density at radius 2 is 2.14 bits per heavy atom. The molecule has 1 amide bonds. The molecule has 0 radical (unpaired) electrons. The van der Waals surface area contributed by atoms with Gasteiger partial charge in [-0.05, 0) is 42.3 Å². The van der Waals surface area contributed by atoms with Crippen molar-refractivity contribution in [3.8, 4) is 0 Å². The Morgan fingerprint density at radius 3 is 2.95 bits per heavy atom. The molecule has 0 saturated carbocycles. The molecule has 2 aromatic carbocycles. The summed E-state index contributed by atoms with van der Waals surface area (Å²) in [5, 5.41) is 6.33. The van der Waals surface area contributed by atoms with Gasteiger partial charge in [0.2, 0.25) is 5.91 Å². The van der Waals surface area contributed by atoms with Crippen LogP contribution in [0.5, 0.6) is 0 Å². The molecule has 0 aliphatic carbocycles. The minimum atomic E-state index is 0.0558. The molecule has 1 aliphatic rings. The first kappa shape index (κ1) is 14.1. The van der Waals surface area contributed by atoms with Gasteiger partial charge in [-0.3, -0.25) is 4.79 Å². The summed E-state index contributed by atoms with van der Waals surface area (Å²) in [6, 6.07) is 14.0. The second-order valence-electron chi connectivity index (χ2n) is 5.38. The molecule has 1 unspecified atom stereocenters. The predicted octanol–water partition coefficient (Wildman–Crippen LogP) is 4.30.